The third kappa shape index (κ3) is 4.43. The second-order valence-electron chi connectivity index (χ2n) is 6.62. The fourth-order valence-electron chi connectivity index (χ4n) is 3.03. The molecular formula is C20H16F2N4O4. The molecule has 1 N–H and O–H groups in total. The van der Waals surface area contributed by atoms with Crippen LogP contribution in [0.3, 0.4) is 0 Å². The average Bonchev–Trinajstić information content (AvgIpc) is 3.35. The first-order valence-corrected chi connectivity index (χ1v) is 9.05. The Kier molecular flexibility index (Phi) is 5.38. The summed E-state index contributed by atoms with van der Waals surface area (Å²) in [7, 11) is 0. The number of carbonyl (C=O) groups excluding carboxylic acids is 2. The fourth-order valence-corrected chi connectivity index (χ4v) is 3.03. The molecule has 0 saturated carbocycles. The summed E-state index contributed by atoms with van der Waals surface area (Å²) in [6, 6.07) is 10.7. The molecule has 0 aliphatic carbocycles. The van der Waals surface area contributed by atoms with Gasteiger partial charge in [-0.05, 0) is 48.5 Å². The van der Waals surface area contributed by atoms with Crippen molar-refractivity contribution in [2.75, 3.05) is 23.4 Å². The van der Waals surface area contributed by atoms with Crippen molar-refractivity contribution in [1.82, 2.24) is 10.2 Å². The fraction of sp³-hybridized carbons (Fsp3) is 0.200. The molecule has 154 valence electrons. The maximum Gasteiger partial charge on any atom is 0.322 e. The van der Waals surface area contributed by atoms with Crippen molar-refractivity contribution in [1.29, 1.82) is 0 Å². The predicted octanol–water partition coefficient (Wildman–Crippen LogP) is 2.89. The molecule has 3 aromatic rings. The second-order valence-corrected chi connectivity index (χ2v) is 6.62. The summed E-state index contributed by atoms with van der Waals surface area (Å²) >= 11 is 0. The van der Waals surface area contributed by atoms with Crippen LogP contribution >= 0.6 is 0 Å². The van der Waals surface area contributed by atoms with Crippen LogP contribution in [0.2, 0.25) is 0 Å². The van der Waals surface area contributed by atoms with Gasteiger partial charge in [-0.3, -0.25) is 14.9 Å². The lowest BCUT2D eigenvalue weighted by Crippen LogP contribution is -2.24. The quantitative estimate of drug-likeness (QED) is 0.666. The van der Waals surface area contributed by atoms with Crippen molar-refractivity contribution in [2.45, 2.75) is 12.3 Å². The number of nitrogens with zero attached hydrogens (tertiary/aromatic N) is 3. The van der Waals surface area contributed by atoms with E-state index in [0.29, 0.717) is 18.0 Å². The molecule has 0 unspecified atom stereocenters. The number of ether oxygens (including phenoxy) is 1. The van der Waals surface area contributed by atoms with E-state index in [4.69, 9.17) is 9.15 Å². The number of aromatic nitrogens is 2. The molecule has 1 saturated heterocycles. The number of hydrogen-bond acceptors (Lipinski definition) is 6. The van der Waals surface area contributed by atoms with E-state index < -0.39 is 11.7 Å². The molecule has 2 heterocycles. The van der Waals surface area contributed by atoms with Crippen LogP contribution in [-0.2, 0) is 9.59 Å². The first kappa shape index (κ1) is 19.5. The lowest BCUT2D eigenvalue weighted by Gasteiger charge is -2.15. The van der Waals surface area contributed by atoms with Gasteiger partial charge in [-0.15, -0.1) is 5.10 Å². The van der Waals surface area contributed by atoms with Gasteiger partial charge in [0.1, 0.15) is 17.4 Å². The minimum atomic E-state index is -0.537. The van der Waals surface area contributed by atoms with Gasteiger partial charge in [-0.2, -0.15) is 0 Å². The number of halogens is 2. The Labute approximate surface area is 169 Å². The molecule has 10 heteroatoms. The van der Waals surface area contributed by atoms with Crippen LogP contribution in [-0.4, -0.2) is 35.2 Å². The van der Waals surface area contributed by atoms with Crippen LogP contribution in [0.15, 0.2) is 52.9 Å². The molecule has 1 atom stereocenters. The van der Waals surface area contributed by atoms with Crippen molar-refractivity contribution in [3.05, 3.63) is 66.1 Å². The minimum Gasteiger partial charge on any atom is -0.484 e. The number of benzene rings is 2. The first-order chi connectivity index (χ1) is 14.5. The average molecular weight is 414 g/mol. The first-order valence-electron chi connectivity index (χ1n) is 9.05. The molecule has 0 spiro atoms. The zero-order valence-corrected chi connectivity index (χ0v) is 15.5. The number of carbonyl (C=O) groups is 2. The Hall–Kier alpha value is -3.82. The highest BCUT2D eigenvalue weighted by atomic mass is 19.1. The summed E-state index contributed by atoms with van der Waals surface area (Å²) in [6.45, 7) is -0.0304. The van der Waals surface area contributed by atoms with Crippen molar-refractivity contribution in [2.24, 2.45) is 0 Å². The molecular weight excluding hydrogens is 398 g/mol. The maximum absolute atomic E-state index is 13.1. The highest BCUT2D eigenvalue weighted by Crippen LogP contribution is 2.31. The van der Waals surface area contributed by atoms with Crippen molar-refractivity contribution in [3.8, 4) is 5.75 Å². The van der Waals surface area contributed by atoms with Gasteiger partial charge in [-0.1, -0.05) is 5.10 Å². The largest absolute Gasteiger partial charge is 0.484 e. The van der Waals surface area contributed by atoms with Gasteiger partial charge in [0.05, 0.1) is 5.92 Å². The molecule has 1 aromatic heterocycles. The second kappa shape index (κ2) is 8.27. The van der Waals surface area contributed by atoms with E-state index in [-0.39, 0.29) is 42.6 Å². The van der Waals surface area contributed by atoms with Crippen LogP contribution in [0.5, 0.6) is 5.75 Å². The van der Waals surface area contributed by atoms with E-state index in [1.165, 1.54) is 53.4 Å². The smallest absolute Gasteiger partial charge is 0.322 e. The van der Waals surface area contributed by atoms with E-state index in [0.717, 1.165) is 0 Å². The summed E-state index contributed by atoms with van der Waals surface area (Å²) < 4.78 is 36.7. The predicted molar refractivity (Wildman–Crippen MR) is 101 cm³/mol. The highest BCUT2D eigenvalue weighted by molar-refractivity contribution is 5.96. The third-order valence-corrected chi connectivity index (χ3v) is 4.48. The summed E-state index contributed by atoms with van der Waals surface area (Å²) in [5, 5.41) is 10.1. The zero-order valence-electron chi connectivity index (χ0n) is 15.5. The Bertz CT molecular complexity index is 1050. The molecule has 8 nitrogen and oxygen atoms in total. The van der Waals surface area contributed by atoms with Crippen LogP contribution in [0.25, 0.3) is 0 Å². The topological polar surface area (TPSA) is 97.6 Å². The molecule has 4 rings (SSSR count). The standard InChI is InChI=1S/C20H16F2N4O4/c21-13-1-5-15(6-2-13)26-10-12(9-18(26)28)19-24-25-20(30-19)23-17(27)11-29-16-7-3-14(22)4-8-16/h1-8,12H,9-11H2,(H,23,25,27)/t12-/m1/s1. The molecule has 2 amide bonds. The lowest BCUT2D eigenvalue weighted by atomic mass is 10.1. The number of nitrogens with one attached hydrogen (secondary N) is 1. The molecule has 30 heavy (non-hydrogen) atoms. The van der Waals surface area contributed by atoms with E-state index >= 15 is 0 Å². The number of amides is 2. The third-order valence-electron chi connectivity index (χ3n) is 4.48. The maximum atomic E-state index is 13.1. The molecule has 1 fully saturated rings. The van der Waals surface area contributed by atoms with Crippen molar-refractivity contribution in [3.63, 3.8) is 0 Å². The van der Waals surface area contributed by atoms with Crippen LogP contribution < -0.4 is 15.0 Å². The monoisotopic (exact) mass is 414 g/mol. The molecule has 0 radical (unpaired) electrons. The highest BCUT2D eigenvalue weighted by Gasteiger charge is 2.35. The summed E-state index contributed by atoms with van der Waals surface area (Å²) in [4.78, 5) is 25.8. The van der Waals surface area contributed by atoms with Crippen molar-refractivity contribution >= 4 is 23.5 Å². The van der Waals surface area contributed by atoms with E-state index in [1.54, 1.807) is 0 Å². The van der Waals surface area contributed by atoms with Crippen molar-refractivity contribution < 1.29 is 27.5 Å². The molecule has 0 bridgehead atoms. The Morgan fingerprint density at radius 2 is 1.77 bits per heavy atom. The Balaban J connectivity index is 1.33. The van der Waals surface area contributed by atoms with Gasteiger partial charge >= 0.3 is 6.01 Å². The van der Waals surface area contributed by atoms with Gasteiger partial charge < -0.3 is 14.1 Å². The van der Waals surface area contributed by atoms with E-state index in [9.17, 15) is 18.4 Å². The van der Waals surface area contributed by atoms with Crippen LogP contribution in [0, 0.1) is 11.6 Å². The number of anilines is 2. The van der Waals surface area contributed by atoms with Crippen LogP contribution in [0.4, 0.5) is 20.5 Å². The number of hydrogen-bond donors (Lipinski definition) is 1. The van der Waals surface area contributed by atoms with Gasteiger partial charge in [-0.25, -0.2) is 8.78 Å². The molecule has 2 aromatic carbocycles. The van der Waals surface area contributed by atoms with Gasteiger partial charge in [0.25, 0.3) is 5.91 Å². The SMILES string of the molecule is O=C(COc1ccc(F)cc1)Nc1nnc([C@@H]2CC(=O)N(c3ccc(F)cc3)C2)o1. The van der Waals surface area contributed by atoms with Crippen LogP contribution in [0.1, 0.15) is 18.2 Å². The summed E-state index contributed by atoms with van der Waals surface area (Å²) in [5.74, 6) is -1.29. The Morgan fingerprint density at radius 1 is 1.10 bits per heavy atom. The summed E-state index contributed by atoms with van der Waals surface area (Å²) in [6.07, 6.45) is 0.153. The van der Waals surface area contributed by atoms with Gasteiger partial charge in [0.15, 0.2) is 6.61 Å². The van der Waals surface area contributed by atoms with E-state index in [2.05, 4.69) is 15.5 Å². The van der Waals surface area contributed by atoms with Gasteiger partial charge in [0.2, 0.25) is 11.8 Å². The molecule has 1 aliphatic heterocycles. The lowest BCUT2D eigenvalue weighted by molar-refractivity contribution is -0.118. The normalized spacial score (nSPS) is 16.0. The van der Waals surface area contributed by atoms with E-state index in [1.807, 2.05) is 0 Å². The molecule has 1 aliphatic rings. The minimum absolute atomic E-state index is 0.120. The number of rotatable bonds is 6. The zero-order chi connectivity index (χ0) is 21.1. The Morgan fingerprint density at radius 3 is 2.47 bits per heavy atom. The van der Waals surface area contributed by atoms with Gasteiger partial charge in [0, 0.05) is 18.7 Å². The summed E-state index contributed by atoms with van der Waals surface area (Å²) in [5.41, 5.74) is 0.579.